The molecule has 1 heterocycles. The van der Waals surface area contributed by atoms with Crippen LogP contribution in [-0.2, 0) is 19.1 Å². The van der Waals surface area contributed by atoms with E-state index in [1.807, 2.05) is 13.8 Å². The number of ether oxygens (including phenoxy) is 2. The second kappa shape index (κ2) is 10.6. The van der Waals surface area contributed by atoms with Gasteiger partial charge in [-0.05, 0) is 62.2 Å². The number of carbonyl (C=O) groups excluding carboxylic acids is 3. The van der Waals surface area contributed by atoms with E-state index in [0.29, 0.717) is 34.7 Å². The van der Waals surface area contributed by atoms with E-state index in [1.165, 1.54) is 12.0 Å². The zero-order chi connectivity index (χ0) is 24.1. The first-order valence-corrected chi connectivity index (χ1v) is 11.0. The first-order valence-electron chi connectivity index (χ1n) is 10.6. The molecule has 1 N–H and O–H groups in total. The van der Waals surface area contributed by atoms with Gasteiger partial charge in [0.1, 0.15) is 5.76 Å². The van der Waals surface area contributed by atoms with E-state index in [-0.39, 0.29) is 24.0 Å². The Morgan fingerprint density at radius 3 is 2.24 bits per heavy atom. The maximum atomic E-state index is 13.0. The molecule has 0 saturated carbocycles. The quantitative estimate of drug-likeness (QED) is 0.202. The Morgan fingerprint density at radius 1 is 1.06 bits per heavy atom. The number of Topliss-reactive ketones (excluding diaryl/α,β-unsaturated/α-hetero) is 1. The molecule has 0 aliphatic carbocycles. The van der Waals surface area contributed by atoms with E-state index < -0.39 is 23.7 Å². The zero-order valence-electron chi connectivity index (χ0n) is 18.7. The summed E-state index contributed by atoms with van der Waals surface area (Å²) >= 11 is 5.94. The molecule has 2 aromatic carbocycles. The van der Waals surface area contributed by atoms with Gasteiger partial charge in [0.25, 0.3) is 11.7 Å². The van der Waals surface area contributed by atoms with Crippen LogP contribution in [0, 0.1) is 0 Å². The lowest BCUT2D eigenvalue weighted by Gasteiger charge is -2.25. The first-order chi connectivity index (χ1) is 15.7. The molecule has 0 unspecified atom stereocenters. The van der Waals surface area contributed by atoms with Crippen LogP contribution >= 0.6 is 11.6 Å². The molecule has 8 heteroatoms. The van der Waals surface area contributed by atoms with Gasteiger partial charge < -0.3 is 19.5 Å². The summed E-state index contributed by atoms with van der Waals surface area (Å²) in [5, 5.41) is 11.5. The van der Waals surface area contributed by atoms with Gasteiger partial charge >= 0.3 is 5.97 Å². The molecule has 0 bridgehead atoms. The molecule has 33 heavy (non-hydrogen) atoms. The lowest BCUT2D eigenvalue weighted by Crippen LogP contribution is -2.31. The number of hydrogen-bond donors (Lipinski definition) is 1. The maximum absolute atomic E-state index is 13.0. The number of carbonyl (C=O) groups is 3. The molecule has 0 radical (unpaired) electrons. The van der Waals surface area contributed by atoms with Gasteiger partial charge in [-0.25, -0.2) is 4.79 Å². The number of amides is 1. The SMILES string of the molecule is COC(=O)c1ccc([C@H]2C(=C(O)c3ccc(Cl)cc3)C(=O)C(=O)N2CCCOC(C)C)cc1. The van der Waals surface area contributed by atoms with Crippen LogP contribution in [-0.4, -0.2) is 54.0 Å². The molecule has 1 amide bonds. The van der Waals surface area contributed by atoms with Gasteiger partial charge in [0.05, 0.1) is 30.4 Å². The van der Waals surface area contributed by atoms with Gasteiger partial charge in [-0.2, -0.15) is 0 Å². The Morgan fingerprint density at radius 2 is 1.67 bits per heavy atom. The van der Waals surface area contributed by atoms with Gasteiger partial charge in [-0.1, -0.05) is 23.7 Å². The van der Waals surface area contributed by atoms with Crippen LogP contribution in [0.1, 0.15) is 47.8 Å². The third-order valence-electron chi connectivity index (χ3n) is 5.30. The average molecular weight is 472 g/mol. The average Bonchev–Trinajstić information content (AvgIpc) is 3.06. The van der Waals surface area contributed by atoms with E-state index in [0.717, 1.165) is 0 Å². The number of rotatable bonds is 8. The third kappa shape index (κ3) is 5.43. The second-order valence-corrected chi connectivity index (χ2v) is 8.32. The summed E-state index contributed by atoms with van der Waals surface area (Å²) in [6.07, 6.45) is 0.565. The van der Waals surface area contributed by atoms with E-state index in [1.54, 1.807) is 48.5 Å². The number of ketones is 1. The van der Waals surface area contributed by atoms with Crippen molar-refractivity contribution in [2.24, 2.45) is 0 Å². The van der Waals surface area contributed by atoms with Gasteiger partial charge in [-0.15, -0.1) is 0 Å². The number of halogens is 1. The summed E-state index contributed by atoms with van der Waals surface area (Å²) in [7, 11) is 1.29. The second-order valence-electron chi connectivity index (χ2n) is 7.89. The van der Waals surface area contributed by atoms with Crippen LogP contribution in [0.4, 0.5) is 0 Å². The van der Waals surface area contributed by atoms with Crippen LogP contribution in [0.3, 0.4) is 0 Å². The molecule has 174 valence electrons. The molecular weight excluding hydrogens is 446 g/mol. The van der Waals surface area contributed by atoms with Crippen molar-refractivity contribution in [1.29, 1.82) is 0 Å². The number of benzene rings is 2. The molecule has 1 fully saturated rings. The first kappa shape index (κ1) is 24.5. The normalized spacial score (nSPS) is 17.6. The maximum Gasteiger partial charge on any atom is 0.337 e. The van der Waals surface area contributed by atoms with Crippen molar-refractivity contribution >= 4 is 35.0 Å². The number of aliphatic hydroxyl groups is 1. The standard InChI is InChI=1S/C25H26ClNO6/c1-15(2)33-14-4-13-27-21(16-5-7-18(8-6-16)25(31)32-3)20(23(29)24(27)30)22(28)17-9-11-19(26)12-10-17/h5-12,15,21,28H,4,13-14H2,1-3H3/t21-/m0/s1. The Balaban J connectivity index is 2.03. The molecule has 1 aliphatic rings. The molecule has 0 aromatic heterocycles. The fourth-order valence-electron chi connectivity index (χ4n) is 3.69. The van der Waals surface area contributed by atoms with Gasteiger partial charge in [-0.3, -0.25) is 9.59 Å². The Hall–Kier alpha value is -3.16. The topological polar surface area (TPSA) is 93.1 Å². The van der Waals surface area contributed by atoms with Crippen LogP contribution in [0.2, 0.25) is 5.02 Å². The molecular formula is C25H26ClNO6. The van der Waals surface area contributed by atoms with Gasteiger partial charge in [0.15, 0.2) is 0 Å². The summed E-state index contributed by atoms with van der Waals surface area (Å²) in [4.78, 5) is 39.2. The van der Waals surface area contributed by atoms with E-state index in [2.05, 4.69) is 0 Å². The highest BCUT2D eigenvalue weighted by atomic mass is 35.5. The van der Waals surface area contributed by atoms with Crippen molar-refractivity contribution in [3.8, 4) is 0 Å². The number of methoxy groups -OCH3 is 1. The number of nitrogens with zero attached hydrogens (tertiary/aromatic N) is 1. The Bertz CT molecular complexity index is 1060. The number of hydrogen-bond acceptors (Lipinski definition) is 6. The van der Waals surface area contributed by atoms with Crippen molar-refractivity contribution in [2.45, 2.75) is 32.4 Å². The molecule has 1 atom stereocenters. The number of esters is 1. The minimum atomic E-state index is -0.813. The van der Waals surface area contributed by atoms with Gasteiger partial charge in [0.2, 0.25) is 0 Å². The Labute approximate surface area is 197 Å². The molecule has 3 rings (SSSR count). The molecule has 0 spiro atoms. The molecule has 7 nitrogen and oxygen atoms in total. The lowest BCUT2D eigenvalue weighted by atomic mass is 9.94. The van der Waals surface area contributed by atoms with Crippen LogP contribution < -0.4 is 0 Å². The summed E-state index contributed by atoms with van der Waals surface area (Å²) in [6.45, 7) is 4.52. The van der Waals surface area contributed by atoms with Crippen molar-refractivity contribution in [3.63, 3.8) is 0 Å². The predicted molar refractivity (Wildman–Crippen MR) is 124 cm³/mol. The summed E-state index contributed by atoms with van der Waals surface area (Å²) < 4.78 is 10.3. The van der Waals surface area contributed by atoms with Crippen LogP contribution in [0.25, 0.3) is 5.76 Å². The van der Waals surface area contributed by atoms with E-state index >= 15 is 0 Å². The third-order valence-corrected chi connectivity index (χ3v) is 5.55. The fraction of sp³-hybridized carbons (Fsp3) is 0.320. The predicted octanol–water partition coefficient (Wildman–Crippen LogP) is 4.36. The monoisotopic (exact) mass is 471 g/mol. The van der Waals surface area contributed by atoms with Crippen LogP contribution in [0.15, 0.2) is 54.1 Å². The van der Waals surface area contributed by atoms with Crippen LogP contribution in [0.5, 0.6) is 0 Å². The highest BCUT2D eigenvalue weighted by Crippen LogP contribution is 2.39. The summed E-state index contributed by atoms with van der Waals surface area (Å²) in [5.74, 6) is -2.25. The number of aliphatic hydroxyl groups excluding tert-OH is 1. The summed E-state index contributed by atoms with van der Waals surface area (Å²) in [6, 6.07) is 12.0. The van der Waals surface area contributed by atoms with Crippen molar-refractivity contribution in [3.05, 3.63) is 75.8 Å². The number of likely N-dealkylation sites (tertiary alicyclic amines) is 1. The van der Waals surface area contributed by atoms with E-state index in [9.17, 15) is 19.5 Å². The minimum Gasteiger partial charge on any atom is -0.507 e. The fourth-order valence-corrected chi connectivity index (χ4v) is 3.82. The molecule has 1 aliphatic heterocycles. The van der Waals surface area contributed by atoms with Gasteiger partial charge in [0, 0.05) is 23.7 Å². The largest absolute Gasteiger partial charge is 0.507 e. The summed E-state index contributed by atoms with van der Waals surface area (Å²) in [5.41, 5.74) is 1.28. The highest BCUT2D eigenvalue weighted by molar-refractivity contribution is 6.46. The van der Waals surface area contributed by atoms with Crippen molar-refractivity contribution in [1.82, 2.24) is 4.90 Å². The van der Waals surface area contributed by atoms with E-state index in [4.69, 9.17) is 21.1 Å². The molecule has 1 saturated heterocycles. The minimum absolute atomic E-state index is 0.0158. The lowest BCUT2D eigenvalue weighted by molar-refractivity contribution is -0.140. The van der Waals surface area contributed by atoms with Crippen molar-refractivity contribution in [2.75, 3.05) is 20.3 Å². The smallest absolute Gasteiger partial charge is 0.337 e. The Kier molecular flexibility index (Phi) is 7.89. The zero-order valence-corrected chi connectivity index (χ0v) is 19.5. The molecule has 2 aromatic rings. The van der Waals surface area contributed by atoms with Crippen molar-refractivity contribution < 1.29 is 29.0 Å². The highest BCUT2D eigenvalue weighted by Gasteiger charge is 2.45.